The molecule has 0 saturated heterocycles. The molecule has 220 valence electrons. The summed E-state index contributed by atoms with van der Waals surface area (Å²) in [5.41, 5.74) is 2.23. The van der Waals surface area contributed by atoms with Crippen molar-refractivity contribution in [1.82, 2.24) is 0 Å². The molecule has 0 saturated carbocycles. The normalized spacial score (nSPS) is 15.5. The van der Waals surface area contributed by atoms with Crippen LogP contribution in [0.15, 0.2) is 11.8 Å². The predicted molar refractivity (Wildman–Crippen MR) is 76.3 cm³/mol. The number of nitrogen functional groups attached to an aromatic ring is 1. The molecule has 23 heteroatoms. The lowest BCUT2D eigenvalue weighted by atomic mass is 9.91. The van der Waals surface area contributed by atoms with Crippen molar-refractivity contribution in [1.29, 1.82) is 0 Å². The standard InChI is InChI=1S/C15H2F21NO/c16-1-2(17)5(37)4(19)6(3(1)18)38-8(21)7(20)9(22,23)10(24,25)11(26,27)12(28,29)13(30,31)14(32,33)15(34,35)36/h37H2. The van der Waals surface area contributed by atoms with Gasteiger partial charge in [0.15, 0.2) is 11.6 Å². The van der Waals surface area contributed by atoms with E-state index in [2.05, 4.69) is 10.5 Å². The van der Waals surface area contributed by atoms with Crippen molar-refractivity contribution >= 4 is 5.69 Å². The number of alkyl halides is 15. The van der Waals surface area contributed by atoms with Gasteiger partial charge in [0.25, 0.3) is 0 Å². The van der Waals surface area contributed by atoms with Crippen molar-refractivity contribution < 1.29 is 96.9 Å². The Morgan fingerprint density at radius 1 is 0.500 bits per heavy atom. The van der Waals surface area contributed by atoms with Crippen LogP contribution in [0.25, 0.3) is 0 Å². The van der Waals surface area contributed by atoms with E-state index in [9.17, 15) is 92.2 Å². The molecule has 0 bridgehead atoms. The molecule has 1 aromatic rings. The van der Waals surface area contributed by atoms with Crippen molar-refractivity contribution in [3.8, 4) is 5.75 Å². The number of rotatable bonds is 8. The molecular formula is C15H2F21NO. The van der Waals surface area contributed by atoms with Crippen molar-refractivity contribution in [2.45, 2.75) is 41.7 Å². The van der Waals surface area contributed by atoms with Crippen LogP contribution in [0, 0.1) is 23.3 Å². The third-order valence-corrected chi connectivity index (χ3v) is 4.22. The molecule has 0 spiro atoms. The highest BCUT2D eigenvalue weighted by molar-refractivity contribution is 5.49. The van der Waals surface area contributed by atoms with Crippen molar-refractivity contribution in [2.24, 2.45) is 0 Å². The van der Waals surface area contributed by atoms with Gasteiger partial charge in [-0.3, -0.25) is 0 Å². The van der Waals surface area contributed by atoms with Crippen molar-refractivity contribution in [2.75, 3.05) is 5.73 Å². The maximum atomic E-state index is 13.6. The average molecular weight is 611 g/mol. The van der Waals surface area contributed by atoms with Crippen molar-refractivity contribution in [3.63, 3.8) is 0 Å². The van der Waals surface area contributed by atoms with E-state index in [1.165, 1.54) is 0 Å². The molecule has 0 aliphatic heterocycles. The predicted octanol–water partition coefficient (Wildman–Crippen LogP) is 7.69. The highest BCUT2D eigenvalue weighted by atomic mass is 19.4. The Hall–Kier alpha value is -2.91. The summed E-state index contributed by atoms with van der Waals surface area (Å²) in [5, 5.41) is 0. The minimum absolute atomic E-state index is 2.21. The average Bonchev–Trinajstić information content (AvgIpc) is 2.76. The van der Waals surface area contributed by atoms with Crippen LogP contribution in [0.1, 0.15) is 0 Å². The van der Waals surface area contributed by atoms with Crippen LogP contribution in [-0.2, 0) is 0 Å². The van der Waals surface area contributed by atoms with E-state index in [0.29, 0.717) is 0 Å². The Bertz CT molecular complexity index is 1090. The van der Waals surface area contributed by atoms with Crippen LogP contribution in [0.4, 0.5) is 97.9 Å². The van der Waals surface area contributed by atoms with Crippen molar-refractivity contribution in [3.05, 3.63) is 35.1 Å². The summed E-state index contributed by atoms with van der Waals surface area (Å²) < 4.78 is 278. The molecule has 0 aliphatic rings. The van der Waals surface area contributed by atoms with Gasteiger partial charge in [-0.05, 0) is 0 Å². The molecule has 2 N–H and O–H groups in total. The van der Waals surface area contributed by atoms with E-state index in [0.717, 1.165) is 0 Å². The summed E-state index contributed by atoms with van der Waals surface area (Å²) in [7, 11) is 0. The van der Waals surface area contributed by atoms with Gasteiger partial charge in [-0.1, -0.05) is 0 Å². The SMILES string of the molecule is Nc1c(F)c(F)c(F)c(OC(F)=C(F)C(F)(F)C(F)(F)C(F)(F)C(F)(F)C(F)(F)C(F)(F)C(F)(F)F)c1F. The van der Waals surface area contributed by atoms with E-state index >= 15 is 0 Å². The molecule has 38 heavy (non-hydrogen) atoms. The number of allylic oxidation sites excluding steroid dienone is 1. The van der Waals surface area contributed by atoms with Gasteiger partial charge < -0.3 is 10.5 Å². The van der Waals surface area contributed by atoms with E-state index in [1.54, 1.807) is 0 Å². The van der Waals surface area contributed by atoms with Gasteiger partial charge in [0.2, 0.25) is 23.2 Å². The molecule has 1 aromatic carbocycles. The molecule has 0 amide bonds. The van der Waals surface area contributed by atoms with Crippen LogP contribution in [0.2, 0.25) is 0 Å². The Balaban J connectivity index is 3.74. The molecule has 2 nitrogen and oxygen atoms in total. The zero-order valence-corrected chi connectivity index (χ0v) is 16.4. The fraction of sp³-hybridized carbons (Fsp3) is 0.467. The van der Waals surface area contributed by atoms with E-state index < -0.39 is 88.3 Å². The minimum Gasteiger partial charge on any atom is -0.423 e. The molecule has 0 fully saturated rings. The third kappa shape index (κ3) is 4.29. The fourth-order valence-electron chi connectivity index (χ4n) is 2.08. The highest BCUT2D eigenvalue weighted by Gasteiger charge is 2.93. The van der Waals surface area contributed by atoms with Gasteiger partial charge in [0.1, 0.15) is 5.69 Å². The molecule has 0 aliphatic carbocycles. The summed E-state index contributed by atoms with van der Waals surface area (Å²) in [6, 6.07) is -4.29. The van der Waals surface area contributed by atoms with Crippen LogP contribution in [0.5, 0.6) is 5.75 Å². The van der Waals surface area contributed by atoms with Gasteiger partial charge in [-0.15, -0.1) is 0 Å². The second-order valence-electron chi connectivity index (χ2n) is 6.63. The summed E-state index contributed by atoms with van der Waals surface area (Å²) in [5.74, 6) is -70.8. The molecule has 0 radical (unpaired) electrons. The summed E-state index contributed by atoms with van der Waals surface area (Å²) >= 11 is 0. The number of anilines is 1. The molecule has 0 aromatic heterocycles. The minimum atomic E-state index is -8.85. The van der Waals surface area contributed by atoms with Crippen LogP contribution in [-0.4, -0.2) is 41.7 Å². The quantitative estimate of drug-likeness (QED) is 0.108. The van der Waals surface area contributed by atoms with E-state index in [1.807, 2.05) is 0 Å². The number of hydrogen-bond donors (Lipinski definition) is 1. The molecule has 0 atom stereocenters. The lowest BCUT2D eigenvalue weighted by Crippen LogP contribution is -2.72. The first-order valence-corrected chi connectivity index (χ1v) is 8.17. The first kappa shape index (κ1) is 33.1. The maximum Gasteiger partial charge on any atom is 0.460 e. The Kier molecular flexibility index (Phi) is 7.92. The summed E-state index contributed by atoms with van der Waals surface area (Å²) in [6.45, 7) is 0. The number of hydrogen-bond acceptors (Lipinski definition) is 2. The summed E-state index contributed by atoms with van der Waals surface area (Å²) in [4.78, 5) is 0. The topological polar surface area (TPSA) is 35.2 Å². The van der Waals surface area contributed by atoms with Crippen LogP contribution < -0.4 is 10.5 Å². The van der Waals surface area contributed by atoms with Gasteiger partial charge in [0.05, 0.1) is 0 Å². The number of benzene rings is 1. The molecular weight excluding hydrogens is 609 g/mol. The van der Waals surface area contributed by atoms with E-state index in [-0.39, 0.29) is 0 Å². The fourth-order valence-corrected chi connectivity index (χ4v) is 2.08. The van der Waals surface area contributed by atoms with Gasteiger partial charge in [-0.2, -0.15) is 79.0 Å². The van der Waals surface area contributed by atoms with Crippen LogP contribution >= 0.6 is 0 Å². The number of ether oxygens (including phenoxy) is 1. The van der Waals surface area contributed by atoms with Crippen LogP contribution in [0.3, 0.4) is 0 Å². The largest absolute Gasteiger partial charge is 0.460 e. The maximum absolute atomic E-state index is 13.6. The lowest BCUT2D eigenvalue weighted by Gasteiger charge is -2.41. The van der Waals surface area contributed by atoms with Gasteiger partial charge in [-0.25, -0.2) is 13.2 Å². The first-order chi connectivity index (χ1) is 16.5. The van der Waals surface area contributed by atoms with Gasteiger partial charge >= 0.3 is 47.7 Å². The number of nitrogens with two attached hydrogens (primary N) is 1. The molecule has 1 rings (SSSR count). The molecule has 0 unspecified atom stereocenters. The monoisotopic (exact) mass is 611 g/mol. The first-order valence-electron chi connectivity index (χ1n) is 8.17. The number of halogens is 21. The third-order valence-electron chi connectivity index (χ3n) is 4.22. The second kappa shape index (κ2) is 9.09. The Morgan fingerprint density at radius 3 is 1.26 bits per heavy atom. The Labute approximate surface area is 192 Å². The lowest BCUT2D eigenvalue weighted by molar-refractivity contribution is -0.451. The zero-order chi connectivity index (χ0) is 30.8. The second-order valence-corrected chi connectivity index (χ2v) is 6.63. The zero-order valence-electron chi connectivity index (χ0n) is 16.4. The van der Waals surface area contributed by atoms with E-state index in [4.69, 9.17) is 0 Å². The molecule has 0 heterocycles. The highest BCUT2D eigenvalue weighted by Crippen LogP contribution is 2.63. The summed E-state index contributed by atoms with van der Waals surface area (Å²) in [6.07, 6.45) is -7.92. The van der Waals surface area contributed by atoms with Gasteiger partial charge in [0, 0.05) is 0 Å². The smallest absolute Gasteiger partial charge is 0.423 e. The Morgan fingerprint density at radius 2 is 0.868 bits per heavy atom.